The fourth-order valence-corrected chi connectivity index (χ4v) is 3.54. The average Bonchev–Trinajstić information content (AvgIpc) is 2.76. The average molecular weight is 420 g/mol. The molecule has 0 bridgehead atoms. The third-order valence-corrected chi connectivity index (χ3v) is 5.43. The van der Waals surface area contributed by atoms with E-state index in [2.05, 4.69) is 10.9 Å². The van der Waals surface area contributed by atoms with Crippen LogP contribution in [0.25, 0.3) is 22.3 Å². The lowest BCUT2D eigenvalue weighted by atomic mass is 10.1. The minimum atomic E-state index is -0.466. The standard InChI is InChI=1S/C23H15Cl2N3O/c1-3-16-5-4-6-18(26-16)17-13-21(29)28(2)20-12-11-19(27-23(17)20)22(25)14-7-9-15(24)10-8-14/h1,4-13,22H,2H3. The SMILES string of the molecule is C#Cc1cccc(-c2cc(=O)n(C)c3ccc(C(Cl)c4ccc(Cl)cc4)nc23)n1. The van der Waals surface area contributed by atoms with Crippen LogP contribution in [-0.2, 0) is 7.05 Å². The Morgan fingerprint density at radius 3 is 2.55 bits per heavy atom. The molecule has 0 fully saturated rings. The van der Waals surface area contributed by atoms with Gasteiger partial charge in [-0.05, 0) is 42.0 Å². The summed E-state index contributed by atoms with van der Waals surface area (Å²) >= 11 is 12.7. The van der Waals surface area contributed by atoms with Crippen LogP contribution in [0.15, 0.2) is 65.5 Å². The number of hydrogen-bond donors (Lipinski definition) is 0. The molecule has 0 aliphatic rings. The Morgan fingerprint density at radius 2 is 1.83 bits per heavy atom. The van der Waals surface area contributed by atoms with Crippen LogP contribution in [-0.4, -0.2) is 14.5 Å². The number of alkyl halides is 1. The maximum Gasteiger partial charge on any atom is 0.251 e. The molecule has 1 atom stereocenters. The smallest absolute Gasteiger partial charge is 0.251 e. The third kappa shape index (κ3) is 3.63. The first-order valence-corrected chi connectivity index (χ1v) is 9.63. The fourth-order valence-electron chi connectivity index (χ4n) is 3.15. The van der Waals surface area contributed by atoms with Gasteiger partial charge in [0.05, 0.1) is 22.4 Å². The van der Waals surface area contributed by atoms with Gasteiger partial charge in [-0.15, -0.1) is 18.0 Å². The van der Waals surface area contributed by atoms with Crippen molar-refractivity contribution in [2.75, 3.05) is 0 Å². The second-order valence-corrected chi connectivity index (χ2v) is 7.40. The number of nitrogens with zero attached hydrogens (tertiary/aromatic N) is 3. The summed E-state index contributed by atoms with van der Waals surface area (Å²) in [4.78, 5) is 21.7. The molecule has 0 amide bonds. The molecule has 0 aliphatic carbocycles. The Labute approximate surface area is 177 Å². The Bertz CT molecular complexity index is 1320. The van der Waals surface area contributed by atoms with Crippen molar-refractivity contribution in [3.63, 3.8) is 0 Å². The molecule has 29 heavy (non-hydrogen) atoms. The van der Waals surface area contributed by atoms with E-state index in [1.165, 1.54) is 6.07 Å². The lowest BCUT2D eigenvalue weighted by molar-refractivity contribution is 0.900. The van der Waals surface area contributed by atoms with E-state index in [0.717, 1.165) is 5.56 Å². The zero-order valence-electron chi connectivity index (χ0n) is 15.4. The summed E-state index contributed by atoms with van der Waals surface area (Å²) in [7, 11) is 1.71. The minimum Gasteiger partial charge on any atom is -0.310 e. The van der Waals surface area contributed by atoms with Crippen LogP contribution in [0, 0.1) is 12.3 Å². The molecule has 0 aliphatic heterocycles. The van der Waals surface area contributed by atoms with Gasteiger partial charge in [-0.3, -0.25) is 4.79 Å². The van der Waals surface area contributed by atoms with Gasteiger partial charge in [-0.1, -0.05) is 35.7 Å². The Hall–Kier alpha value is -3.13. The summed E-state index contributed by atoms with van der Waals surface area (Å²) in [5.74, 6) is 2.52. The maximum absolute atomic E-state index is 12.5. The number of terminal acetylenes is 1. The van der Waals surface area contributed by atoms with E-state index in [9.17, 15) is 4.79 Å². The molecule has 0 spiro atoms. The van der Waals surface area contributed by atoms with Gasteiger partial charge in [0.2, 0.25) is 0 Å². The van der Waals surface area contributed by atoms with Crippen LogP contribution in [0.2, 0.25) is 5.02 Å². The van der Waals surface area contributed by atoms with Gasteiger partial charge < -0.3 is 4.57 Å². The van der Waals surface area contributed by atoms with E-state index < -0.39 is 5.38 Å². The maximum atomic E-state index is 12.5. The quantitative estimate of drug-likeness (QED) is 0.348. The normalized spacial score (nSPS) is 11.9. The van der Waals surface area contributed by atoms with Gasteiger partial charge in [-0.25, -0.2) is 9.97 Å². The highest BCUT2D eigenvalue weighted by atomic mass is 35.5. The van der Waals surface area contributed by atoms with Gasteiger partial charge >= 0.3 is 0 Å². The zero-order chi connectivity index (χ0) is 20.5. The topological polar surface area (TPSA) is 47.8 Å². The molecule has 0 saturated carbocycles. The molecule has 0 N–H and O–H groups in total. The Balaban J connectivity index is 1.93. The van der Waals surface area contributed by atoms with Crippen molar-refractivity contribution in [2.45, 2.75) is 5.38 Å². The Morgan fingerprint density at radius 1 is 1.07 bits per heavy atom. The van der Waals surface area contributed by atoms with Crippen LogP contribution in [0.3, 0.4) is 0 Å². The molecule has 3 heterocycles. The highest BCUT2D eigenvalue weighted by molar-refractivity contribution is 6.30. The van der Waals surface area contributed by atoms with Crippen LogP contribution in [0.4, 0.5) is 0 Å². The second kappa shape index (κ2) is 7.71. The first-order valence-electron chi connectivity index (χ1n) is 8.82. The number of aromatic nitrogens is 3. The summed E-state index contributed by atoms with van der Waals surface area (Å²) in [6.45, 7) is 0. The molecule has 4 aromatic rings. The highest BCUT2D eigenvalue weighted by Gasteiger charge is 2.17. The monoisotopic (exact) mass is 419 g/mol. The number of pyridine rings is 3. The second-order valence-electron chi connectivity index (χ2n) is 6.53. The van der Waals surface area contributed by atoms with Gasteiger partial charge in [0.1, 0.15) is 11.1 Å². The van der Waals surface area contributed by atoms with Crippen molar-refractivity contribution >= 4 is 34.2 Å². The van der Waals surface area contributed by atoms with E-state index in [-0.39, 0.29) is 5.56 Å². The molecule has 4 nitrogen and oxygen atoms in total. The molecule has 6 heteroatoms. The van der Waals surface area contributed by atoms with Gasteiger partial charge in [-0.2, -0.15) is 0 Å². The van der Waals surface area contributed by atoms with Crippen molar-refractivity contribution in [1.29, 1.82) is 0 Å². The van der Waals surface area contributed by atoms with Crippen LogP contribution >= 0.6 is 23.2 Å². The van der Waals surface area contributed by atoms with Crippen molar-refractivity contribution in [3.8, 4) is 23.6 Å². The molecule has 142 valence electrons. The van der Waals surface area contributed by atoms with E-state index in [1.807, 2.05) is 30.3 Å². The van der Waals surface area contributed by atoms with E-state index in [0.29, 0.717) is 38.7 Å². The summed E-state index contributed by atoms with van der Waals surface area (Å²) in [5.41, 5.74) is 4.39. The molecular weight excluding hydrogens is 405 g/mol. The largest absolute Gasteiger partial charge is 0.310 e. The van der Waals surface area contributed by atoms with E-state index >= 15 is 0 Å². The summed E-state index contributed by atoms with van der Waals surface area (Å²) in [6, 6.07) is 17.9. The van der Waals surface area contributed by atoms with Gasteiger partial charge in [0.15, 0.2) is 0 Å². The summed E-state index contributed by atoms with van der Waals surface area (Å²) < 4.78 is 1.55. The molecule has 1 aromatic carbocycles. The van der Waals surface area contributed by atoms with Crippen molar-refractivity contribution in [2.24, 2.45) is 7.05 Å². The molecule has 4 rings (SSSR count). The predicted molar refractivity (Wildman–Crippen MR) is 117 cm³/mol. The van der Waals surface area contributed by atoms with Crippen LogP contribution in [0.1, 0.15) is 22.3 Å². The van der Waals surface area contributed by atoms with E-state index in [1.54, 1.807) is 35.9 Å². The molecule has 1 unspecified atom stereocenters. The number of hydrogen-bond acceptors (Lipinski definition) is 3. The number of fused-ring (bicyclic) bond motifs is 1. The Kier molecular flexibility index (Phi) is 5.10. The number of benzene rings is 1. The van der Waals surface area contributed by atoms with Crippen LogP contribution < -0.4 is 5.56 Å². The van der Waals surface area contributed by atoms with Crippen molar-refractivity contribution in [1.82, 2.24) is 14.5 Å². The first kappa shape index (κ1) is 19.2. The van der Waals surface area contributed by atoms with E-state index in [4.69, 9.17) is 34.6 Å². The van der Waals surface area contributed by atoms with Crippen molar-refractivity contribution in [3.05, 3.63) is 93.0 Å². The number of aryl methyl sites for hydroxylation is 1. The lowest BCUT2D eigenvalue weighted by Crippen LogP contribution is -2.17. The number of halogens is 2. The summed E-state index contributed by atoms with van der Waals surface area (Å²) in [5, 5.41) is 0.174. The molecule has 3 aromatic heterocycles. The highest BCUT2D eigenvalue weighted by Crippen LogP contribution is 2.31. The van der Waals surface area contributed by atoms with Gasteiger partial charge in [0, 0.05) is 23.7 Å². The fraction of sp³-hybridized carbons (Fsp3) is 0.0870. The first-order chi connectivity index (χ1) is 14.0. The zero-order valence-corrected chi connectivity index (χ0v) is 16.9. The molecular formula is C23H15Cl2N3O. The van der Waals surface area contributed by atoms with Crippen LogP contribution in [0.5, 0.6) is 0 Å². The minimum absolute atomic E-state index is 0.157. The van der Waals surface area contributed by atoms with Crippen molar-refractivity contribution < 1.29 is 0 Å². The number of rotatable bonds is 3. The molecule has 0 radical (unpaired) electrons. The molecule has 0 saturated heterocycles. The lowest BCUT2D eigenvalue weighted by Gasteiger charge is -2.14. The third-order valence-electron chi connectivity index (χ3n) is 4.71. The summed E-state index contributed by atoms with van der Waals surface area (Å²) in [6.07, 6.45) is 5.48. The van der Waals surface area contributed by atoms with Gasteiger partial charge in [0.25, 0.3) is 5.56 Å². The predicted octanol–water partition coefficient (Wildman–Crippen LogP) is 4.96.